The number of phenolic OH excluding ortho intramolecular Hbond substituents is 1. The van der Waals surface area contributed by atoms with Crippen molar-refractivity contribution in [3.63, 3.8) is 0 Å². The molecule has 0 saturated heterocycles. The van der Waals surface area contributed by atoms with E-state index in [2.05, 4.69) is 0 Å². The van der Waals surface area contributed by atoms with Crippen LogP contribution in [0.4, 0.5) is 0 Å². The fourth-order valence-electron chi connectivity index (χ4n) is 1.80. The molecule has 0 amide bonds. The maximum atomic E-state index is 11.6. The first-order chi connectivity index (χ1) is 6.68. The molecule has 0 aromatic heterocycles. The zero-order chi connectivity index (χ0) is 10.1. The number of phenols is 1. The number of benzene rings is 1. The number of aromatic hydroxyl groups is 1. The second kappa shape index (κ2) is 3.62. The number of rotatable bonds is 0. The number of fused-ring (bicyclic) bond motifs is 1. The van der Waals surface area contributed by atoms with Crippen LogP contribution in [0.1, 0.15) is 28.8 Å². The molecule has 0 spiro atoms. The number of hydrogen-bond acceptors (Lipinski definition) is 2. The highest BCUT2D eigenvalue weighted by molar-refractivity contribution is 6.21. The van der Waals surface area contributed by atoms with Gasteiger partial charge >= 0.3 is 0 Å². The van der Waals surface area contributed by atoms with E-state index >= 15 is 0 Å². The third-order valence-corrected chi connectivity index (χ3v) is 2.93. The van der Waals surface area contributed by atoms with E-state index in [0.717, 1.165) is 0 Å². The lowest BCUT2D eigenvalue weighted by Crippen LogP contribution is -2.01. The summed E-state index contributed by atoms with van der Waals surface area (Å²) < 4.78 is 0. The topological polar surface area (TPSA) is 37.3 Å². The molecule has 1 aromatic rings. The van der Waals surface area contributed by atoms with E-state index in [0.29, 0.717) is 30.4 Å². The van der Waals surface area contributed by atoms with Gasteiger partial charge in [0.1, 0.15) is 5.75 Å². The Labute approximate surface area is 87.5 Å². The van der Waals surface area contributed by atoms with Crippen LogP contribution in [0, 0.1) is 0 Å². The van der Waals surface area contributed by atoms with Gasteiger partial charge in [0.05, 0.1) is 0 Å². The van der Waals surface area contributed by atoms with Crippen molar-refractivity contribution in [3.8, 4) is 5.75 Å². The Hall–Kier alpha value is -1.02. The lowest BCUT2D eigenvalue weighted by atomic mass is 10.0. The second-order valence-electron chi connectivity index (χ2n) is 3.57. The summed E-state index contributed by atoms with van der Waals surface area (Å²) in [5.74, 6) is 0.266. The summed E-state index contributed by atoms with van der Waals surface area (Å²) in [6.45, 7) is 0. The largest absolute Gasteiger partial charge is 0.508 e. The Bertz CT molecular complexity index is 374. The van der Waals surface area contributed by atoms with Crippen LogP contribution in [0.3, 0.4) is 0 Å². The molecule has 1 aliphatic rings. The van der Waals surface area contributed by atoms with Gasteiger partial charge in [-0.2, -0.15) is 0 Å². The molecule has 1 aliphatic carbocycles. The Morgan fingerprint density at radius 1 is 1.43 bits per heavy atom. The van der Waals surface area contributed by atoms with Gasteiger partial charge in [-0.3, -0.25) is 4.79 Å². The number of carbonyl (C=O) groups excluding carboxylic acids is 1. The molecule has 1 N–H and O–H groups in total. The lowest BCUT2D eigenvalue weighted by Gasteiger charge is -2.07. The summed E-state index contributed by atoms with van der Waals surface area (Å²) in [5.41, 5.74) is 1.34. The summed E-state index contributed by atoms with van der Waals surface area (Å²) in [6.07, 6.45) is 1.74. The van der Waals surface area contributed by atoms with Crippen molar-refractivity contribution in [1.29, 1.82) is 0 Å². The van der Waals surface area contributed by atoms with Gasteiger partial charge in [0, 0.05) is 22.9 Å². The van der Waals surface area contributed by atoms with Gasteiger partial charge in [-0.15, -0.1) is 11.6 Å². The lowest BCUT2D eigenvalue weighted by molar-refractivity contribution is 0.0982. The van der Waals surface area contributed by atoms with Gasteiger partial charge < -0.3 is 5.11 Å². The predicted octanol–water partition coefficient (Wildman–Crippen LogP) is 2.52. The first-order valence-electron chi connectivity index (χ1n) is 4.66. The number of ketones is 1. The minimum atomic E-state index is -0.0477. The number of carbonyl (C=O) groups is 1. The quantitative estimate of drug-likeness (QED) is 0.528. The highest BCUT2D eigenvalue weighted by Gasteiger charge is 2.22. The number of halogens is 1. The first kappa shape index (κ1) is 9.53. The van der Waals surface area contributed by atoms with E-state index in [9.17, 15) is 9.90 Å². The van der Waals surface area contributed by atoms with E-state index in [-0.39, 0.29) is 16.9 Å². The van der Waals surface area contributed by atoms with Crippen LogP contribution < -0.4 is 0 Å². The van der Waals surface area contributed by atoms with E-state index in [1.165, 1.54) is 0 Å². The van der Waals surface area contributed by atoms with E-state index < -0.39 is 0 Å². The van der Waals surface area contributed by atoms with Crippen LogP contribution in [0.15, 0.2) is 18.2 Å². The van der Waals surface area contributed by atoms with Gasteiger partial charge in [-0.25, -0.2) is 0 Å². The highest BCUT2D eigenvalue weighted by atomic mass is 35.5. The van der Waals surface area contributed by atoms with Crippen LogP contribution in [-0.2, 0) is 6.42 Å². The second-order valence-corrected chi connectivity index (χ2v) is 4.18. The third kappa shape index (κ3) is 1.62. The van der Waals surface area contributed by atoms with Crippen molar-refractivity contribution in [2.45, 2.75) is 24.6 Å². The normalized spacial score (nSPS) is 21.5. The van der Waals surface area contributed by atoms with Crippen molar-refractivity contribution >= 4 is 17.4 Å². The summed E-state index contributed by atoms with van der Waals surface area (Å²) in [6, 6.07) is 5.05. The number of hydrogen-bond donors (Lipinski definition) is 1. The summed E-state index contributed by atoms with van der Waals surface area (Å²) in [5, 5.41) is 9.56. The minimum Gasteiger partial charge on any atom is -0.508 e. The molecule has 74 valence electrons. The monoisotopic (exact) mass is 210 g/mol. The summed E-state index contributed by atoms with van der Waals surface area (Å²) in [4.78, 5) is 11.6. The van der Waals surface area contributed by atoms with Crippen LogP contribution in [-0.4, -0.2) is 16.3 Å². The molecule has 2 rings (SSSR count). The molecule has 2 nitrogen and oxygen atoms in total. The molecular weight excluding hydrogens is 200 g/mol. The van der Waals surface area contributed by atoms with E-state index in [1.54, 1.807) is 18.2 Å². The van der Waals surface area contributed by atoms with Crippen molar-refractivity contribution < 1.29 is 9.90 Å². The summed E-state index contributed by atoms with van der Waals surface area (Å²) >= 11 is 6.02. The molecule has 0 saturated carbocycles. The van der Waals surface area contributed by atoms with Crippen molar-refractivity contribution in [3.05, 3.63) is 29.3 Å². The smallest absolute Gasteiger partial charge is 0.163 e. The van der Waals surface area contributed by atoms with Crippen molar-refractivity contribution in [2.75, 3.05) is 0 Å². The zero-order valence-electron chi connectivity index (χ0n) is 7.66. The number of Topliss-reactive ketones (excluding diaryl/α,β-unsaturated/α-hetero) is 1. The van der Waals surface area contributed by atoms with E-state index in [4.69, 9.17) is 11.6 Å². The molecule has 0 aliphatic heterocycles. The molecule has 1 aromatic carbocycles. The van der Waals surface area contributed by atoms with Gasteiger partial charge in [0.15, 0.2) is 5.78 Å². The van der Waals surface area contributed by atoms with Crippen LogP contribution in [0.2, 0.25) is 0 Å². The highest BCUT2D eigenvalue weighted by Crippen LogP contribution is 2.29. The Morgan fingerprint density at radius 3 is 3.00 bits per heavy atom. The zero-order valence-corrected chi connectivity index (χ0v) is 8.42. The molecule has 3 heteroatoms. The van der Waals surface area contributed by atoms with Crippen molar-refractivity contribution in [1.82, 2.24) is 0 Å². The Kier molecular flexibility index (Phi) is 2.46. The number of alkyl halides is 1. The van der Waals surface area contributed by atoms with Crippen LogP contribution >= 0.6 is 11.6 Å². The van der Waals surface area contributed by atoms with Gasteiger partial charge in [-0.05, 0) is 18.9 Å². The Balaban J connectivity index is 2.52. The molecule has 1 atom stereocenters. The molecule has 14 heavy (non-hydrogen) atoms. The van der Waals surface area contributed by atoms with Gasteiger partial charge in [0.25, 0.3) is 0 Å². The molecule has 0 bridgehead atoms. The third-order valence-electron chi connectivity index (χ3n) is 2.56. The van der Waals surface area contributed by atoms with E-state index in [1.807, 2.05) is 0 Å². The van der Waals surface area contributed by atoms with Crippen LogP contribution in [0.5, 0.6) is 5.75 Å². The Morgan fingerprint density at radius 2 is 2.21 bits per heavy atom. The maximum absolute atomic E-state index is 11.6. The van der Waals surface area contributed by atoms with Crippen molar-refractivity contribution in [2.24, 2.45) is 0 Å². The first-order valence-corrected chi connectivity index (χ1v) is 5.10. The minimum absolute atomic E-state index is 0.0477. The molecule has 1 unspecified atom stereocenters. The fraction of sp³-hybridized carbons (Fsp3) is 0.364. The van der Waals surface area contributed by atoms with Gasteiger partial charge in [0.2, 0.25) is 0 Å². The SMILES string of the molecule is O=C1CCC(Cl)Cc2c(O)cccc21. The predicted molar refractivity (Wildman–Crippen MR) is 55.0 cm³/mol. The molecule has 0 heterocycles. The standard InChI is InChI=1S/C11H11ClO2/c12-7-4-5-11(14)8-2-1-3-10(13)9(8)6-7/h1-3,7,13H,4-6H2. The average Bonchev–Trinajstić information content (AvgIpc) is 2.30. The molecule has 0 radical (unpaired) electrons. The van der Waals surface area contributed by atoms with Crippen LogP contribution in [0.25, 0.3) is 0 Å². The van der Waals surface area contributed by atoms with Gasteiger partial charge in [-0.1, -0.05) is 12.1 Å². The molecular formula is C11H11ClO2. The fourth-order valence-corrected chi connectivity index (χ4v) is 2.06. The summed E-state index contributed by atoms with van der Waals surface area (Å²) in [7, 11) is 0. The average molecular weight is 211 g/mol. The molecule has 0 fully saturated rings. The maximum Gasteiger partial charge on any atom is 0.163 e.